The van der Waals surface area contributed by atoms with Crippen LogP contribution < -0.4 is 4.90 Å². The van der Waals surface area contributed by atoms with Gasteiger partial charge in [0, 0.05) is 56.0 Å². The molecule has 2 bridgehead atoms. The first-order chi connectivity index (χ1) is 13.3. The molecule has 2 atom stereocenters. The van der Waals surface area contributed by atoms with Crippen LogP contribution in [0, 0.1) is 5.92 Å². The van der Waals surface area contributed by atoms with Gasteiger partial charge in [-0.05, 0) is 43.0 Å². The van der Waals surface area contributed by atoms with E-state index in [4.69, 9.17) is 0 Å². The van der Waals surface area contributed by atoms with Gasteiger partial charge in [-0.1, -0.05) is 0 Å². The maximum Gasteiger partial charge on any atom is 0.254 e. The van der Waals surface area contributed by atoms with Crippen LogP contribution in [0.5, 0.6) is 0 Å². The fourth-order valence-corrected chi connectivity index (χ4v) is 4.21. The quantitative estimate of drug-likeness (QED) is 0.697. The Hall–Kier alpha value is -3.09. The molecule has 0 spiro atoms. The third-order valence-electron chi connectivity index (χ3n) is 5.53. The van der Waals surface area contributed by atoms with Crippen LogP contribution in [0.2, 0.25) is 0 Å². The Kier molecular flexibility index (Phi) is 3.92. The van der Waals surface area contributed by atoms with Crippen molar-refractivity contribution in [1.29, 1.82) is 0 Å². The third-order valence-corrected chi connectivity index (χ3v) is 5.53. The Morgan fingerprint density at radius 1 is 0.889 bits per heavy atom. The zero-order chi connectivity index (χ0) is 18.2. The van der Waals surface area contributed by atoms with E-state index in [1.807, 2.05) is 29.2 Å². The Bertz CT molecular complexity index is 978. The van der Waals surface area contributed by atoms with Crippen LogP contribution in [0.25, 0.3) is 11.0 Å². The average molecular weight is 360 g/mol. The van der Waals surface area contributed by atoms with E-state index >= 15 is 0 Å². The van der Waals surface area contributed by atoms with Crippen molar-refractivity contribution in [1.82, 2.24) is 24.8 Å². The zero-order valence-corrected chi connectivity index (χ0v) is 14.9. The van der Waals surface area contributed by atoms with Crippen LogP contribution in [0.3, 0.4) is 0 Å². The number of amides is 1. The molecule has 6 rings (SSSR count). The molecular formula is C20H20N6O. The van der Waals surface area contributed by atoms with Crippen molar-refractivity contribution in [2.75, 3.05) is 24.5 Å². The Morgan fingerprint density at radius 2 is 1.70 bits per heavy atom. The van der Waals surface area contributed by atoms with Gasteiger partial charge >= 0.3 is 0 Å². The first-order valence-electron chi connectivity index (χ1n) is 9.31. The van der Waals surface area contributed by atoms with E-state index in [9.17, 15) is 4.79 Å². The molecule has 3 fully saturated rings. The number of carbonyl (C=O) groups is 1. The van der Waals surface area contributed by atoms with Gasteiger partial charge in [0.1, 0.15) is 0 Å². The van der Waals surface area contributed by atoms with Crippen LogP contribution in [0.15, 0.2) is 49.1 Å². The molecule has 0 aliphatic carbocycles. The minimum absolute atomic E-state index is 0.0769. The number of rotatable bonds is 2. The molecule has 0 N–H and O–H groups in total. The van der Waals surface area contributed by atoms with Gasteiger partial charge in [-0.15, -0.1) is 0 Å². The van der Waals surface area contributed by atoms with Crippen molar-refractivity contribution < 1.29 is 4.79 Å². The fraction of sp³-hybridized carbons (Fsp3) is 0.350. The number of benzene rings is 1. The molecular weight excluding hydrogens is 340 g/mol. The normalized spacial score (nSPS) is 22.1. The number of nitrogens with zero attached hydrogens (tertiary/aromatic N) is 6. The predicted octanol–water partition coefficient (Wildman–Crippen LogP) is 2.16. The molecule has 7 nitrogen and oxygen atoms in total. The summed E-state index contributed by atoms with van der Waals surface area (Å²) in [6.07, 6.45) is 9.02. The van der Waals surface area contributed by atoms with Gasteiger partial charge in [-0.3, -0.25) is 14.8 Å². The number of piperidine rings is 1. The molecule has 3 aliphatic heterocycles. The second kappa shape index (κ2) is 6.57. The average Bonchev–Trinajstić information content (AvgIpc) is 3.06. The zero-order valence-electron chi connectivity index (χ0n) is 14.9. The van der Waals surface area contributed by atoms with Crippen LogP contribution in [-0.2, 0) is 0 Å². The summed E-state index contributed by atoms with van der Waals surface area (Å²) in [5.41, 5.74) is 2.24. The maximum absolute atomic E-state index is 13.3. The van der Waals surface area contributed by atoms with Gasteiger partial charge in [-0.25, -0.2) is 9.97 Å². The fourth-order valence-electron chi connectivity index (χ4n) is 4.21. The largest absolute Gasteiger partial charge is 0.338 e. The van der Waals surface area contributed by atoms with Crippen LogP contribution in [0.1, 0.15) is 23.2 Å². The third kappa shape index (κ3) is 2.99. The number of carbonyl (C=O) groups excluding carboxylic acids is 1. The van der Waals surface area contributed by atoms with Crippen molar-refractivity contribution in [2.24, 2.45) is 5.92 Å². The second-order valence-electron chi connectivity index (χ2n) is 7.27. The summed E-state index contributed by atoms with van der Waals surface area (Å²) < 4.78 is 0. The van der Waals surface area contributed by atoms with Crippen LogP contribution in [0.4, 0.5) is 5.95 Å². The van der Waals surface area contributed by atoms with E-state index in [0.717, 1.165) is 49.5 Å². The van der Waals surface area contributed by atoms with E-state index in [-0.39, 0.29) is 11.9 Å². The summed E-state index contributed by atoms with van der Waals surface area (Å²) in [5.74, 6) is 1.27. The summed E-state index contributed by atoms with van der Waals surface area (Å²) in [4.78, 5) is 34.9. The van der Waals surface area contributed by atoms with E-state index in [1.165, 1.54) is 0 Å². The van der Waals surface area contributed by atoms with Gasteiger partial charge in [0.15, 0.2) is 0 Å². The molecule has 3 aliphatic rings. The summed E-state index contributed by atoms with van der Waals surface area (Å²) in [5, 5.41) is 0. The molecule has 3 saturated heterocycles. The number of hydrogen-bond donors (Lipinski definition) is 0. The minimum Gasteiger partial charge on any atom is -0.338 e. The molecule has 136 valence electrons. The smallest absolute Gasteiger partial charge is 0.254 e. The number of anilines is 1. The summed E-state index contributed by atoms with van der Waals surface area (Å²) in [6.45, 7) is 2.46. The SMILES string of the molecule is O=C(c1ccc2nccnc2c1)N1C[C@H]2CC[C@@H]1CN(c1ncccn1)C2. The highest BCUT2D eigenvalue weighted by Gasteiger charge is 2.38. The van der Waals surface area contributed by atoms with E-state index in [1.54, 1.807) is 24.8 Å². The van der Waals surface area contributed by atoms with Crippen molar-refractivity contribution in [3.8, 4) is 0 Å². The van der Waals surface area contributed by atoms with Crippen molar-refractivity contribution >= 4 is 22.9 Å². The molecule has 2 aromatic heterocycles. The van der Waals surface area contributed by atoms with E-state index < -0.39 is 0 Å². The van der Waals surface area contributed by atoms with Gasteiger partial charge in [0.25, 0.3) is 5.91 Å². The second-order valence-corrected chi connectivity index (χ2v) is 7.27. The molecule has 27 heavy (non-hydrogen) atoms. The standard InChI is InChI=1S/C20H20N6O/c27-19(15-3-5-17-18(10-15)22-9-8-21-17)26-12-14-2-4-16(26)13-25(11-14)20-23-6-1-7-24-20/h1,3,5-10,14,16H,2,4,11-13H2/t14-,16+/m0/s1. The molecule has 0 radical (unpaired) electrons. The topological polar surface area (TPSA) is 75.1 Å². The minimum atomic E-state index is 0.0769. The van der Waals surface area contributed by atoms with Crippen molar-refractivity contribution in [2.45, 2.75) is 18.9 Å². The monoisotopic (exact) mass is 360 g/mol. The molecule has 0 saturated carbocycles. The molecule has 0 unspecified atom stereocenters. The predicted molar refractivity (Wildman–Crippen MR) is 101 cm³/mol. The van der Waals surface area contributed by atoms with Gasteiger partial charge in [0.2, 0.25) is 5.95 Å². The van der Waals surface area contributed by atoms with Gasteiger partial charge in [-0.2, -0.15) is 0 Å². The number of fused-ring (bicyclic) bond motifs is 5. The van der Waals surface area contributed by atoms with Crippen LogP contribution in [-0.4, -0.2) is 56.4 Å². The molecule has 7 heteroatoms. The molecule has 1 aromatic carbocycles. The summed E-state index contributed by atoms with van der Waals surface area (Å²) >= 11 is 0. The van der Waals surface area contributed by atoms with Gasteiger partial charge < -0.3 is 9.80 Å². The van der Waals surface area contributed by atoms with Crippen molar-refractivity contribution in [3.63, 3.8) is 0 Å². The Morgan fingerprint density at radius 3 is 2.56 bits per heavy atom. The lowest BCUT2D eigenvalue weighted by Crippen LogP contribution is -2.47. The number of hydrogen-bond acceptors (Lipinski definition) is 6. The van der Waals surface area contributed by atoms with E-state index in [0.29, 0.717) is 11.5 Å². The first kappa shape index (κ1) is 16.1. The lowest BCUT2D eigenvalue weighted by molar-refractivity contribution is 0.0592. The maximum atomic E-state index is 13.3. The Balaban J connectivity index is 1.42. The summed E-state index contributed by atoms with van der Waals surface area (Å²) in [6, 6.07) is 7.58. The highest BCUT2D eigenvalue weighted by molar-refractivity contribution is 5.97. The van der Waals surface area contributed by atoms with Gasteiger partial charge in [0.05, 0.1) is 11.0 Å². The molecule has 5 heterocycles. The summed E-state index contributed by atoms with van der Waals surface area (Å²) in [7, 11) is 0. The highest BCUT2D eigenvalue weighted by atomic mass is 16.2. The lowest BCUT2D eigenvalue weighted by atomic mass is 9.94. The first-order valence-corrected chi connectivity index (χ1v) is 9.31. The van der Waals surface area contributed by atoms with E-state index in [2.05, 4.69) is 24.8 Å². The Labute approximate surface area is 157 Å². The number of aromatic nitrogens is 4. The van der Waals surface area contributed by atoms with Crippen LogP contribution >= 0.6 is 0 Å². The lowest BCUT2D eigenvalue weighted by Gasteiger charge is -2.36. The molecule has 1 amide bonds. The highest BCUT2D eigenvalue weighted by Crippen LogP contribution is 2.30. The molecule has 3 aromatic rings. The van der Waals surface area contributed by atoms with Crippen molar-refractivity contribution in [3.05, 3.63) is 54.6 Å².